The molecule has 2 heteroatoms. The van der Waals surface area contributed by atoms with Gasteiger partial charge in [-0.05, 0) is 41.5 Å². The van der Waals surface area contributed by atoms with E-state index in [4.69, 9.17) is 16.3 Å². The molecule has 0 aliphatic rings. The van der Waals surface area contributed by atoms with Gasteiger partial charge < -0.3 is 4.74 Å². The molecule has 0 fully saturated rings. The van der Waals surface area contributed by atoms with Gasteiger partial charge in [-0.1, -0.05) is 37.3 Å². The highest BCUT2D eigenvalue weighted by Crippen LogP contribution is 2.22. The largest absolute Gasteiger partial charge is 0.494 e. The average molecular weight is 287 g/mol. The highest BCUT2D eigenvalue weighted by molar-refractivity contribution is 6.18. The van der Waals surface area contributed by atoms with E-state index in [0.717, 1.165) is 37.2 Å². The Morgan fingerprint density at radius 1 is 1.10 bits per heavy atom. The zero-order chi connectivity index (χ0) is 14.2. The lowest BCUT2D eigenvalue weighted by molar-refractivity contribution is 0.310. The second-order valence-corrected chi connectivity index (χ2v) is 5.04. The summed E-state index contributed by atoms with van der Waals surface area (Å²) in [7, 11) is 0. The summed E-state index contributed by atoms with van der Waals surface area (Å²) in [5.74, 6) is 7.70. The summed E-state index contributed by atoms with van der Waals surface area (Å²) in [4.78, 5) is 0. The number of unbranched alkanes of at least 4 members (excludes halogenated alkanes) is 1. The Labute approximate surface area is 125 Å². The van der Waals surface area contributed by atoms with Crippen LogP contribution in [0.2, 0.25) is 0 Å². The normalized spacial score (nSPS) is 10.1. The molecule has 0 spiro atoms. The van der Waals surface area contributed by atoms with Gasteiger partial charge in [0.25, 0.3) is 0 Å². The van der Waals surface area contributed by atoms with Crippen molar-refractivity contribution in [3.8, 4) is 17.6 Å². The molecule has 0 heterocycles. The summed E-state index contributed by atoms with van der Waals surface area (Å²) in [6.45, 7) is 2.94. The molecule has 0 aliphatic carbocycles. The fourth-order valence-electron chi connectivity index (χ4n) is 1.94. The van der Waals surface area contributed by atoms with E-state index in [2.05, 4.69) is 43.0 Å². The minimum Gasteiger partial charge on any atom is -0.494 e. The molecule has 0 atom stereocenters. The third kappa shape index (κ3) is 4.18. The van der Waals surface area contributed by atoms with E-state index in [9.17, 15) is 0 Å². The lowest BCUT2D eigenvalue weighted by Gasteiger charge is -2.06. The van der Waals surface area contributed by atoms with Gasteiger partial charge in [-0.2, -0.15) is 0 Å². The SMILES string of the molecule is CCCCOc1ccc2cc(C#CCCCl)ccc2c1. The number of ether oxygens (including phenoxy) is 1. The maximum absolute atomic E-state index is 5.72. The van der Waals surface area contributed by atoms with Crippen LogP contribution in [0.25, 0.3) is 10.8 Å². The van der Waals surface area contributed by atoms with Crippen molar-refractivity contribution in [2.75, 3.05) is 12.5 Å². The fourth-order valence-corrected chi connectivity index (χ4v) is 2.03. The molecule has 0 saturated carbocycles. The molecule has 2 aromatic rings. The zero-order valence-electron chi connectivity index (χ0n) is 11.8. The number of hydrogen-bond acceptors (Lipinski definition) is 1. The van der Waals surface area contributed by atoms with Crippen molar-refractivity contribution in [2.45, 2.75) is 26.2 Å². The third-order valence-electron chi connectivity index (χ3n) is 3.03. The van der Waals surface area contributed by atoms with Crippen molar-refractivity contribution >= 4 is 22.4 Å². The molecule has 1 nitrogen and oxygen atoms in total. The van der Waals surface area contributed by atoms with E-state index in [-0.39, 0.29) is 0 Å². The van der Waals surface area contributed by atoms with E-state index >= 15 is 0 Å². The predicted octanol–water partition coefficient (Wildman–Crippen LogP) is 5.00. The highest BCUT2D eigenvalue weighted by Gasteiger charge is 1.98. The molecule has 0 N–H and O–H groups in total. The van der Waals surface area contributed by atoms with Crippen molar-refractivity contribution in [3.05, 3.63) is 42.0 Å². The molecule has 0 aliphatic heterocycles. The quantitative estimate of drug-likeness (QED) is 0.427. The second kappa shape index (κ2) is 7.82. The summed E-state index contributed by atoms with van der Waals surface area (Å²) >= 11 is 5.62. The Morgan fingerprint density at radius 2 is 1.90 bits per heavy atom. The molecule has 20 heavy (non-hydrogen) atoms. The minimum absolute atomic E-state index is 0.582. The summed E-state index contributed by atoms with van der Waals surface area (Å²) in [6, 6.07) is 12.4. The van der Waals surface area contributed by atoms with Gasteiger partial charge in [0.15, 0.2) is 0 Å². The number of alkyl halides is 1. The first kappa shape index (κ1) is 14.8. The van der Waals surface area contributed by atoms with Gasteiger partial charge in [0, 0.05) is 17.9 Å². The highest BCUT2D eigenvalue weighted by atomic mass is 35.5. The van der Waals surface area contributed by atoms with Crippen LogP contribution in [0.3, 0.4) is 0 Å². The first-order valence-electron chi connectivity index (χ1n) is 7.05. The Balaban J connectivity index is 2.15. The van der Waals surface area contributed by atoms with Crippen LogP contribution >= 0.6 is 11.6 Å². The van der Waals surface area contributed by atoms with E-state index in [0.29, 0.717) is 5.88 Å². The number of benzene rings is 2. The van der Waals surface area contributed by atoms with E-state index in [1.54, 1.807) is 0 Å². The van der Waals surface area contributed by atoms with Crippen molar-refractivity contribution in [1.29, 1.82) is 0 Å². The van der Waals surface area contributed by atoms with Crippen molar-refractivity contribution in [3.63, 3.8) is 0 Å². The summed E-state index contributed by atoms with van der Waals surface area (Å²) in [6.07, 6.45) is 2.97. The van der Waals surface area contributed by atoms with Crippen LogP contribution < -0.4 is 4.74 Å². The molecular weight excluding hydrogens is 268 g/mol. The molecule has 0 radical (unpaired) electrons. The number of rotatable bonds is 5. The predicted molar refractivity (Wildman–Crippen MR) is 86.6 cm³/mol. The Hall–Kier alpha value is -1.65. The minimum atomic E-state index is 0.582. The van der Waals surface area contributed by atoms with E-state index in [1.807, 2.05) is 12.1 Å². The van der Waals surface area contributed by atoms with Gasteiger partial charge in [0.05, 0.1) is 6.61 Å². The average Bonchev–Trinajstić information content (AvgIpc) is 2.48. The third-order valence-corrected chi connectivity index (χ3v) is 3.22. The van der Waals surface area contributed by atoms with Crippen molar-refractivity contribution < 1.29 is 4.74 Å². The molecule has 2 aromatic carbocycles. The van der Waals surface area contributed by atoms with Crippen LogP contribution in [-0.4, -0.2) is 12.5 Å². The van der Waals surface area contributed by atoms with E-state index < -0.39 is 0 Å². The monoisotopic (exact) mass is 286 g/mol. The first-order chi connectivity index (χ1) is 9.83. The van der Waals surface area contributed by atoms with Crippen LogP contribution in [0.15, 0.2) is 36.4 Å². The van der Waals surface area contributed by atoms with Gasteiger partial charge in [-0.25, -0.2) is 0 Å². The second-order valence-electron chi connectivity index (χ2n) is 4.67. The summed E-state index contributed by atoms with van der Waals surface area (Å²) in [5, 5.41) is 2.37. The Morgan fingerprint density at radius 3 is 2.70 bits per heavy atom. The van der Waals surface area contributed by atoms with Crippen molar-refractivity contribution in [2.24, 2.45) is 0 Å². The smallest absolute Gasteiger partial charge is 0.119 e. The zero-order valence-corrected chi connectivity index (χ0v) is 12.5. The molecule has 104 valence electrons. The Bertz CT molecular complexity index is 622. The van der Waals surface area contributed by atoms with E-state index in [1.165, 1.54) is 10.8 Å². The molecule has 2 rings (SSSR count). The van der Waals surface area contributed by atoms with Gasteiger partial charge in [-0.15, -0.1) is 11.6 Å². The molecule has 0 bridgehead atoms. The van der Waals surface area contributed by atoms with Crippen LogP contribution in [-0.2, 0) is 0 Å². The van der Waals surface area contributed by atoms with Gasteiger partial charge in [-0.3, -0.25) is 0 Å². The molecule has 0 amide bonds. The van der Waals surface area contributed by atoms with Gasteiger partial charge in [0.2, 0.25) is 0 Å². The number of hydrogen-bond donors (Lipinski definition) is 0. The number of fused-ring (bicyclic) bond motifs is 1. The standard InChI is InChI=1S/C18H19ClO/c1-2-3-12-20-18-10-9-16-13-15(6-4-5-11-19)7-8-17(16)14-18/h7-10,13-14H,2-3,5,11-12H2,1H3. The molecule has 0 saturated heterocycles. The van der Waals surface area contributed by atoms with Gasteiger partial charge >= 0.3 is 0 Å². The van der Waals surface area contributed by atoms with Gasteiger partial charge in [0.1, 0.15) is 5.75 Å². The maximum atomic E-state index is 5.72. The lowest BCUT2D eigenvalue weighted by atomic mass is 10.1. The van der Waals surface area contributed by atoms with Crippen LogP contribution in [0.5, 0.6) is 5.75 Å². The Kier molecular flexibility index (Phi) is 5.77. The van der Waals surface area contributed by atoms with Crippen LogP contribution in [0.1, 0.15) is 31.7 Å². The summed E-state index contributed by atoms with van der Waals surface area (Å²) < 4.78 is 5.72. The van der Waals surface area contributed by atoms with Crippen LogP contribution in [0.4, 0.5) is 0 Å². The maximum Gasteiger partial charge on any atom is 0.119 e. The molecule has 0 aromatic heterocycles. The number of halogens is 1. The van der Waals surface area contributed by atoms with Crippen LogP contribution in [0, 0.1) is 11.8 Å². The van der Waals surface area contributed by atoms with Crippen molar-refractivity contribution in [1.82, 2.24) is 0 Å². The molecular formula is C18H19ClO. The fraction of sp³-hybridized carbons (Fsp3) is 0.333. The lowest BCUT2D eigenvalue weighted by Crippen LogP contribution is -1.96. The summed E-state index contributed by atoms with van der Waals surface area (Å²) in [5.41, 5.74) is 1.03. The topological polar surface area (TPSA) is 9.23 Å². The first-order valence-corrected chi connectivity index (χ1v) is 7.58. The molecule has 0 unspecified atom stereocenters.